The van der Waals surface area contributed by atoms with E-state index in [2.05, 4.69) is 349 Å². The number of unbranched alkanes of at least 4 members (excludes halogenated alkanes) is 5. The number of rotatable bonds is 31. The smallest absolute Gasteiger partial charge is 0.169 e. The van der Waals surface area contributed by atoms with Gasteiger partial charge in [-0.15, -0.1) is 0 Å². The lowest BCUT2D eigenvalue weighted by atomic mass is 10.1. The molecule has 0 aliphatic carbocycles. The highest BCUT2D eigenvalue weighted by Gasteiger charge is 2.15. The molecule has 470 valence electrons. The third kappa shape index (κ3) is 18.7. The fourth-order valence-electron chi connectivity index (χ4n) is 12.3. The maximum atomic E-state index is 2.31. The molecular formula is C82H94N12+12. The molecule has 94 heavy (non-hydrogen) atoms. The average Bonchev–Trinajstić information content (AvgIpc) is 1.95. The first-order valence-electron chi connectivity index (χ1n) is 34.2. The second kappa shape index (κ2) is 32.9. The lowest BCUT2D eigenvalue weighted by molar-refractivity contribution is -0.708. The van der Waals surface area contributed by atoms with Crippen molar-refractivity contribution in [1.82, 2.24) is 0 Å². The van der Waals surface area contributed by atoms with Crippen LogP contribution in [0, 0.1) is 0 Å². The lowest BCUT2D eigenvalue weighted by Crippen LogP contribution is -2.36. The van der Waals surface area contributed by atoms with Crippen LogP contribution in [0.1, 0.15) is 64.2 Å². The van der Waals surface area contributed by atoms with Gasteiger partial charge in [0.05, 0.1) is 0 Å². The summed E-state index contributed by atoms with van der Waals surface area (Å²) in [6, 6.07) is 53.5. The zero-order valence-electron chi connectivity index (χ0n) is 55.2. The van der Waals surface area contributed by atoms with Crippen molar-refractivity contribution in [3.63, 3.8) is 0 Å². The van der Waals surface area contributed by atoms with Crippen LogP contribution in [0.4, 0.5) is 0 Å². The molecule has 0 aliphatic heterocycles. The second-order valence-corrected chi connectivity index (χ2v) is 25.3. The molecule has 0 saturated carbocycles. The van der Waals surface area contributed by atoms with Gasteiger partial charge in [-0.2, -0.15) is 0 Å². The standard InChI is InChI=1S/C82H94N12/c1-83-47-13-71(14-48-83)73-17-51-85(52-18-73)37-3-5-39-87-55-21-75(22-56-87)77-25-59-89(60-26-77)41-7-9-43-91-63-29-79(30-64-91)81-33-67-93(68-34-81)45-11-12-46-94-69-35-82(36-70-94)80-31-65-92(66-32-80)44-10-8-42-90-61-27-78(28-62-90)76-23-57-88(58-24-76)40-6-4-38-86-53-19-74(20-54-86)72-15-49-84(2)50-16-72/h13-36,47-70H,3-12,37-46H2,1-2H3/q+12. The number of nitrogens with zero attached hydrogens (tertiary/aromatic N) is 12. The molecule has 0 unspecified atom stereocenters. The molecule has 0 radical (unpaired) electrons. The quantitative estimate of drug-likeness (QED) is 0.0308. The van der Waals surface area contributed by atoms with E-state index in [-0.39, 0.29) is 0 Å². The van der Waals surface area contributed by atoms with Crippen LogP contribution in [-0.4, -0.2) is 0 Å². The molecule has 0 spiro atoms. The molecule has 12 nitrogen and oxygen atoms in total. The van der Waals surface area contributed by atoms with E-state index in [0.717, 1.165) is 130 Å². The fraction of sp³-hybridized carbons (Fsp3) is 0.268. The Bertz CT molecular complexity index is 3940. The van der Waals surface area contributed by atoms with Crippen LogP contribution in [0.3, 0.4) is 0 Å². The van der Waals surface area contributed by atoms with Crippen molar-refractivity contribution in [3.8, 4) is 66.8 Å². The van der Waals surface area contributed by atoms with Crippen molar-refractivity contribution in [1.29, 1.82) is 0 Å². The first kappa shape index (κ1) is 63.9. The molecule has 0 N–H and O–H groups in total. The van der Waals surface area contributed by atoms with Gasteiger partial charge in [-0.25, -0.2) is 54.8 Å². The van der Waals surface area contributed by atoms with E-state index in [0.29, 0.717) is 0 Å². The normalized spacial score (nSPS) is 11.3. The minimum absolute atomic E-state index is 1.01. The molecule has 0 bridgehead atoms. The van der Waals surface area contributed by atoms with Gasteiger partial charge in [-0.1, -0.05) is 0 Å². The molecule has 12 heteroatoms. The van der Waals surface area contributed by atoms with Crippen LogP contribution in [-0.2, 0) is 79.5 Å². The third-order valence-electron chi connectivity index (χ3n) is 18.3. The molecule has 12 aromatic heterocycles. The van der Waals surface area contributed by atoms with E-state index < -0.39 is 0 Å². The Hall–Kier alpha value is -10.2. The highest BCUT2D eigenvalue weighted by molar-refractivity contribution is 5.64. The van der Waals surface area contributed by atoms with Crippen molar-refractivity contribution in [3.05, 3.63) is 294 Å². The van der Waals surface area contributed by atoms with Crippen molar-refractivity contribution in [2.24, 2.45) is 14.1 Å². The van der Waals surface area contributed by atoms with E-state index in [1.165, 1.54) is 66.8 Å². The van der Waals surface area contributed by atoms with Crippen molar-refractivity contribution < 1.29 is 54.8 Å². The van der Waals surface area contributed by atoms with Gasteiger partial charge in [0.2, 0.25) is 0 Å². The summed E-state index contributed by atoms with van der Waals surface area (Å²) in [4.78, 5) is 0. The van der Waals surface area contributed by atoms with Crippen LogP contribution >= 0.6 is 0 Å². The maximum absolute atomic E-state index is 2.31. The van der Waals surface area contributed by atoms with Crippen LogP contribution < -0.4 is 54.8 Å². The Balaban J connectivity index is 0.485. The lowest BCUT2D eigenvalue weighted by Gasteiger charge is -2.03. The number of aromatic nitrogens is 12. The molecule has 12 heterocycles. The molecular weight excluding hydrogens is 1150 g/mol. The summed E-state index contributed by atoms with van der Waals surface area (Å²) in [5.74, 6) is 0. The van der Waals surface area contributed by atoms with Gasteiger partial charge in [-0.3, -0.25) is 0 Å². The molecule has 0 aliphatic rings. The number of hydrogen-bond acceptors (Lipinski definition) is 0. The molecule has 12 rings (SSSR count). The minimum Gasteiger partial charge on any atom is -0.208 e. The Morgan fingerprint density at radius 2 is 0.223 bits per heavy atom. The van der Waals surface area contributed by atoms with Crippen molar-refractivity contribution in [2.45, 2.75) is 130 Å². The van der Waals surface area contributed by atoms with Gasteiger partial charge in [0, 0.05) is 210 Å². The fourth-order valence-corrected chi connectivity index (χ4v) is 12.3. The van der Waals surface area contributed by atoms with E-state index >= 15 is 0 Å². The maximum Gasteiger partial charge on any atom is 0.169 e. The highest BCUT2D eigenvalue weighted by Crippen LogP contribution is 2.21. The SMILES string of the molecule is C[n+]1ccc(-c2cc[n+](CCCC[n+]3ccc(-c4cc[n+](CCCC[n+]5ccc(-c6cc[n+](CCCC[n+]7ccc(-c8cc[n+](CCCC[n+]9ccc(-c%10cc[n+](CCCC[n+]%11ccc(-c%12cc[n+](C)cc%12)cc%11)cc%10)cc9)cc8)cc7)cc6)cc5)cc4)cc3)cc2)cc1. The highest BCUT2D eigenvalue weighted by atomic mass is 15.0. The van der Waals surface area contributed by atoms with Crippen molar-refractivity contribution >= 4 is 0 Å². The van der Waals surface area contributed by atoms with Gasteiger partial charge in [0.15, 0.2) is 149 Å². The Labute approximate surface area is 556 Å². The van der Waals surface area contributed by atoms with Crippen molar-refractivity contribution in [2.75, 3.05) is 0 Å². The molecule has 0 fully saturated rings. The van der Waals surface area contributed by atoms with E-state index in [9.17, 15) is 0 Å². The van der Waals surface area contributed by atoms with Gasteiger partial charge >= 0.3 is 0 Å². The van der Waals surface area contributed by atoms with E-state index in [1.807, 2.05) is 14.1 Å². The van der Waals surface area contributed by atoms with Gasteiger partial charge < -0.3 is 0 Å². The van der Waals surface area contributed by atoms with Gasteiger partial charge in [0.1, 0.15) is 79.5 Å². The molecule has 12 aromatic rings. The van der Waals surface area contributed by atoms with E-state index in [4.69, 9.17) is 0 Å². The first-order chi connectivity index (χ1) is 46.3. The van der Waals surface area contributed by atoms with Crippen LogP contribution in [0.25, 0.3) is 66.8 Å². The Morgan fingerprint density at radius 3 is 0.319 bits per heavy atom. The molecule has 0 atom stereocenters. The summed E-state index contributed by atoms with van der Waals surface area (Å²) >= 11 is 0. The second-order valence-electron chi connectivity index (χ2n) is 25.3. The third-order valence-corrected chi connectivity index (χ3v) is 18.3. The number of hydrogen-bond donors (Lipinski definition) is 0. The Morgan fingerprint density at radius 1 is 0.138 bits per heavy atom. The summed E-state index contributed by atoms with van der Waals surface area (Å²) in [5.41, 5.74) is 15.0. The average molecular weight is 1250 g/mol. The van der Waals surface area contributed by atoms with E-state index in [1.54, 1.807) is 0 Å². The predicted molar refractivity (Wildman–Crippen MR) is 362 cm³/mol. The van der Waals surface area contributed by atoms with Gasteiger partial charge in [0.25, 0.3) is 0 Å². The molecule has 0 aromatic carbocycles. The number of aryl methyl sites for hydroxylation is 12. The Kier molecular flexibility index (Phi) is 22.4. The monoisotopic (exact) mass is 1250 g/mol. The van der Waals surface area contributed by atoms with Crippen LogP contribution in [0.5, 0.6) is 0 Å². The number of pyridine rings is 12. The predicted octanol–water partition coefficient (Wildman–Crippen LogP) is 9.61. The molecule has 0 saturated heterocycles. The van der Waals surface area contributed by atoms with Gasteiger partial charge in [-0.05, 0) is 66.8 Å². The van der Waals surface area contributed by atoms with Crippen LogP contribution in [0.2, 0.25) is 0 Å². The summed E-state index contributed by atoms with van der Waals surface area (Å²) in [6.07, 6.45) is 64.1. The zero-order valence-corrected chi connectivity index (χ0v) is 55.2. The largest absolute Gasteiger partial charge is 0.208 e. The summed E-state index contributed by atoms with van der Waals surface area (Å²) < 4.78 is 27.2. The summed E-state index contributed by atoms with van der Waals surface area (Å²) in [6.45, 7) is 10.2. The zero-order chi connectivity index (χ0) is 63.9. The molecule has 0 amide bonds. The summed E-state index contributed by atoms with van der Waals surface area (Å²) in [5, 5.41) is 0. The summed E-state index contributed by atoms with van der Waals surface area (Å²) in [7, 11) is 4.10. The first-order valence-corrected chi connectivity index (χ1v) is 34.2. The minimum atomic E-state index is 1.01. The van der Waals surface area contributed by atoms with Crippen LogP contribution in [0.15, 0.2) is 294 Å². The topological polar surface area (TPSA) is 46.6 Å².